The first-order valence-corrected chi connectivity index (χ1v) is 11.1. The second-order valence-electron chi connectivity index (χ2n) is 7.62. The number of rotatable bonds is 7. The first kappa shape index (κ1) is 21.8. The molecule has 1 heterocycles. The molecule has 1 aliphatic carbocycles. The largest absolute Gasteiger partial charge is 0.391 e. The number of ether oxygens (including phenoxy) is 1. The molecule has 1 aromatic carbocycles. The van der Waals surface area contributed by atoms with Gasteiger partial charge in [-0.3, -0.25) is 0 Å². The van der Waals surface area contributed by atoms with E-state index >= 15 is 0 Å². The van der Waals surface area contributed by atoms with Crippen LogP contribution in [0.25, 0.3) is 0 Å². The Morgan fingerprint density at radius 3 is 2.62 bits per heavy atom. The lowest BCUT2D eigenvalue weighted by Crippen LogP contribution is -2.46. The average Bonchev–Trinajstić information content (AvgIpc) is 3.08. The molecule has 1 fully saturated rings. The van der Waals surface area contributed by atoms with Crippen molar-refractivity contribution in [3.05, 3.63) is 41.7 Å². The van der Waals surface area contributed by atoms with Crippen molar-refractivity contribution >= 4 is 10.0 Å². The zero-order valence-electron chi connectivity index (χ0n) is 16.7. The first-order chi connectivity index (χ1) is 13.7. The Morgan fingerprint density at radius 2 is 2.00 bits per heavy atom. The minimum Gasteiger partial charge on any atom is -0.391 e. The van der Waals surface area contributed by atoms with E-state index in [1.807, 2.05) is 18.5 Å². The highest BCUT2D eigenvalue weighted by Crippen LogP contribution is 2.34. The van der Waals surface area contributed by atoms with Gasteiger partial charge in [0.2, 0.25) is 10.0 Å². The summed E-state index contributed by atoms with van der Waals surface area (Å²) in [5.74, 6) is 0.775. The number of aliphatic hydroxyl groups excluding tert-OH is 1. The van der Waals surface area contributed by atoms with E-state index in [1.165, 1.54) is 12.1 Å². The van der Waals surface area contributed by atoms with E-state index in [0.717, 1.165) is 18.0 Å². The van der Waals surface area contributed by atoms with Gasteiger partial charge in [-0.2, -0.15) is 5.10 Å². The Hall–Kier alpha value is -1.88. The van der Waals surface area contributed by atoms with Crippen LogP contribution in [-0.4, -0.2) is 47.5 Å². The topological polar surface area (TPSA) is 106 Å². The van der Waals surface area contributed by atoms with Crippen LogP contribution >= 0.6 is 0 Å². The second-order valence-corrected chi connectivity index (χ2v) is 9.33. The molecule has 0 bridgehead atoms. The van der Waals surface area contributed by atoms with Crippen LogP contribution < -0.4 is 4.72 Å². The molecule has 1 saturated carbocycles. The minimum absolute atomic E-state index is 0.0408. The van der Waals surface area contributed by atoms with Crippen LogP contribution in [0.2, 0.25) is 0 Å². The summed E-state index contributed by atoms with van der Waals surface area (Å²) in [7, 11) is -2.31. The average molecular weight is 427 g/mol. The molecule has 2 N–H and O–H groups in total. The summed E-state index contributed by atoms with van der Waals surface area (Å²) < 4.78 is 48.0. The molecule has 160 valence electrons. The Labute approximate surface area is 170 Å². The zero-order valence-corrected chi connectivity index (χ0v) is 17.6. The highest BCUT2D eigenvalue weighted by atomic mass is 32.2. The van der Waals surface area contributed by atoms with Crippen molar-refractivity contribution in [1.29, 1.82) is 0 Å². The van der Waals surface area contributed by atoms with Gasteiger partial charge in [0.1, 0.15) is 18.2 Å². The van der Waals surface area contributed by atoms with Crippen molar-refractivity contribution in [3.8, 4) is 0 Å². The number of aromatic nitrogens is 3. The summed E-state index contributed by atoms with van der Waals surface area (Å²) in [6, 6.07) is 4.01. The molecule has 3 rings (SSSR count). The van der Waals surface area contributed by atoms with Crippen LogP contribution in [0, 0.1) is 5.82 Å². The van der Waals surface area contributed by atoms with Crippen molar-refractivity contribution in [2.75, 3.05) is 7.11 Å². The Balaban J connectivity index is 1.81. The van der Waals surface area contributed by atoms with Gasteiger partial charge < -0.3 is 9.84 Å². The van der Waals surface area contributed by atoms with Gasteiger partial charge in [-0.25, -0.2) is 27.2 Å². The quantitative estimate of drug-likeness (QED) is 0.702. The maximum absolute atomic E-state index is 13.1. The highest BCUT2D eigenvalue weighted by molar-refractivity contribution is 7.89. The predicted molar refractivity (Wildman–Crippen MR) is 104 cm³/mol. The summed E-state index contributed by atoms with van der Waals surface area (Å²) >= 11 is 0. The van der Waals surface area contributed by atoms with Crippen LogP contribution in [0.5, 0.6) is 0 Å². The Morgan fingerprint density at radius 1 is 1.31 bits per heavy atom. The van der Waals surface area contributed by atoms with Crippen molar-refractivity contribution in [1.82, 2.24) is 19.5 Å². The smallest absolute Gasteiger partial charge is 0.240 e. The van der Waals surface area contributed by atoms with E-state index < -0.39 is 28.0 Å². The van der Waals surface area contributed by atoms with E-state index in [2.05, 4.69) is 14.8 Å². The summed E-state index contributed by atoms with van der Waals surface area (Å²) in [6.07, 6.45) is 0.689. The van der Waals surface area contributed by atoms with E-state index in [1.54, 1.807) is 7.11 Å². The van der Waals surface area contributed by atoms with E-state index in [4.69, 9.17) is 4.74 Å². The highest BCUT2D eigenvalue weighted by Gasteiger charge is 2.35. The van der Waals surface area contributed by atoms with Crippen LogP contribution in [0.4, 0.5) is 4.39 Å². The van der Waals surface area contributed by atoms with Gasteiger partial charge in [0.15, 0.2) is 5.82 Å². The van der Waals surface area contributed by atoms with E-state index in [0.29, 0.717) is 31.7 Å². The third kappa shape index (κ3) is 5.00. The van der Waals surface area contributed by atoms with Crippen molar-refractivity contribution in [2.45, 2.75) is 68.7 Å². The maximum atomic E-state index is 13.1. The van der Waals surface area contributed by atoms with Crippen LogP contribution in [-0.2, 0) is 21.4 Å². The number of nitrogens with zero attached hydrogens (tertiary/aromatic N) is 3. The number of hydrogen-bond donors (Lipinski definition) is 2. The minimum atomic E-state index is -3.88. The summed E-state index contributed by atoms with van der Waals surface area (Å²) in [5.41, 5.74) is 0. The Kier molecular flexibility index (Phi) is 6.67. The van der Waals surface area contributed by atoms with Gasteiger partial charge >= 0.3 is 0 Å². The SMILES string of the molecule is COCc1nc([C@H]2CC[C@@H](O)[C@H](NS(=O)(=O)c3ccc(F)cc3)C2)n(C(C)C)n1. The molecule has 0 unspecified atom stereocenters. The molecule has 0 radical (unpaired) electrons. The van der Waals surface area contributed by atoms with Crippen LogP contribution in [0.3, 0.4) is 0 Å². The molecule has 0 amide bonds. The van der Waals surface area contributed by atoms with E-state index in [9.17, 15) is 17.9 Å². The third-order valence-corrected chi connectivity index (χ3v) is 6.58. The van der Waals surface area contributed by atoms with Crippen molar-refractivity contribution in [3.63, 3.8) is 0 Å². The lowest BCUT2D eigenvalue weighted by molar-refractivity contribution is 0.0912. The van der Waals surface area contributed by atoms with E-state index in [-0.39, 0.29) is 16.9 Å². The lowest BCUT2D eigenvalue weighted by atomic mass is 9.83. The summed E-state index contributed by atoms with van der Waals surface area (Å²) in [4.78, 5) is 4.55. The van der Waals surface area contributed by atoms with Gasteiger partial charge in [0.25, 0.3) is 0 Å². The fraction of sp³-hybridized carbons (Fsp3) is 0.579. The van der Waals surface area contributed by atoms with Gasteiger partial charge in [-0.1, -0.05) is 0 Å². The molecule has 1 aliphatic rings. The Bertz CT molecular complexity index is 930. The molecule has 0 saturated heterocycles. The van der Waals surface area contributed by atoms with Crippen LogP contribution in [0.1, 0.15) is 56.7 Å². The number of benzene rings is 1. The molecule has 10 heteroatoms. The first-order valence-electron chi connectivity index (χ1n) is 9.61. The van der Waals surface area contributed by atoms with Gasteiger partial charge in [0.05, 0.1) is 11.0 Å². The fourth-order valence-corrected chi connectivity index (χ4v) is 4.91. The molecular weight excluding hydrogens is 399 g/mol. The molecule has 1 aromatic heterocycles. The lowest BCUT2D eigenvalue weighted by Gasteiger charge is -2.33. The number of aliphatic hydroxyl groups is 1. The standard InChI is InChI=1S/C19H27FN4O4S/c1-12(2)24-19(21-18(22-24)11-28-3)13-4-9-17(25)16(10-13)23-29(26,27)15-7-5-14(20)6-8-15/h5-8,12-13,16-17,23,25H,4,9-11H2,1-3H3/t13-,16+,17+/m0/s1. The van der Waals surface area contributed by atoms with Crippen LogP contribution in [0.15, 0.2) is 29.2 Å². The monoisotopic (exact) mass is 426 g/mol. The fourth-order valence-electron chi connectivity index (χ4n) is 3.63. The molecule has 0 spiro atoms. The van der Waals surface area contributed by atoms with Gasteiger partial charge in [-0.05, 0) is 57.4 Å². The molecule has 29 heavy (non-hydrogen) atoms. The summed E-state index contributed by atoms with van der Waals surface area (Å²) in [6.45, 7) is 4.30. The molecule has 2 aromatic rings. The molecule has 0 aliphatic heterocycles. The molecule has 8 nitrogen and oxygen atoms in total. The number of nitrogens with one attached hydrogen (secondary N) is 1. The normalized spacial score (nSPS) is 22.9. The van der Waals surface area contributed by atoms with Gasteiger partial charge in [-0.15, -0.1) is 0 Å². The van der Waals surface area contributed by atoms with Gasteiger partial charge in [0, 0.05) is 25.1 Å². The molecular formula is C19H27FN4O4S. The number of halogens is 1. The maximum Gasteiger partial charge on any atom is 0.240 e. The summed E-state index contributed by atoms with van der Waals surface area (Å²) in [5, 5.41) is 14.9. The number of methoxy groups -OCH3 is 1. The third-order valence-electron chi connectivity index (χ3n) is 5.07. The number of sulfonamides is 1. The predicted octanol–water partition coefficient (Wildman–Crippen LogP) is 2.12. The van der Waals surface area contributed by atoms with Crippen molar-refractivity contribution in [2.24, 2.45) is 0 Å². The second kappa shape index (κ2) is 8.86. The number of hydrogen-bond acceptors (Lipinski definition) is 6. The zero-order chi connectivity index (χ0) is 21.2. The molecule has 3 atom stereocenters. The van der Waals surface area contributed by atoms with Crippen molar-refractivity contribution < 1.29 is 22.7 Å².